The van der Waals surface area contributed by atoms with Crippen LogP contribution in [0.4, 0.5) is 26.3 Å². The normalized spacial score (nSPS) is 10.4. The van der Waals surface area contributed by atoms with E-state index in [0.29, 0.717) is 24.5 Å². The van der Waals surface area contributed by atoms with Gasteiger partial charge in [0.15, 0.2) is 20.7 Å². The number of thioether (sulfide) groups is 1. The highest BCUT2D eigenvalue weighted by Gasteiger charge is 2.33. The van der Waals surface area contributed by atoms with Crippen LogP contribution in [0.3, 0.4) is 0 Å². The highest BCUT2D eigenvalue weighted by Crippen LogP contribution is 2.28. The van der Waals surface area contributed by atoms with Crippen LogP contribution in [0.5, 0.6) is 0 Å². The first-order valence-corrected chi connectivity index (χ1v) is 20.2. The number of ether oxygens (including phenoxy) is 1. The van der Waals surface area contributed by atoms with Crippen LogP contribution in [-0.2, 0) is 39.5 Å². The number of Topliss-reactive ketones (excluding diaryl/α,β-unsaturated/α-hetero) is 1. The van der Waals surface area contributed by atoms with Crippen molar-refractivity contribution in [2.45, 2.75) is 76.3 Å². The minimum atomic E-state index is -4.60. The third-order valence-corrected chi connectivity index (χ3v) is 8.13. The van der Waals surface area contributed by atoms with E-state index in [9.17, 15) is 45.5 Å². The Kier molecular flexibility index (Phi) is 27.6. The average Bonchev–Trinajstić information content (AvgIpc) is 3.12. The van der Waals surface area contributed by atoms with Gasteiger partial charge in [0.25, 0.3) is 11.1 Å². The lowest BCUT2D eigenvalue weighted by molar-refractivity contribution is -0.145. The zero-order valence-corrected chi connectivity index (χ0v) is 35.5. The van der Waals surface area contributed by atoms with Crippen molar-refractivity contribution >= 4 is 69.0 Å². The molecule has 0 aliphatic carbocycles. The number of ketones is 1. The van der Waals surface area contributed by atoms with Gasteiger partial charge in [-0.2, -0.15) is 26.3 Å². The summed E-state index contributed by atoms with van der Waals surface area (Å²) in [5, 5.41) is 1.14. The quantitative estimate of drug-likeness (QED) is 0.0126. The number of alkyl halides is 7. The van der Waals surface area contributed by atoms with Crippen molar-refractivity contribution in [1.29, 1.82) is 0 Å². The lowest BCUT2D eigenvalue weighted by atomic mass is 10.1. The van der Waals surface area contributed by atoms with Gasteiger partial charge in [-0.25, -0.2) is 4.98 Å². The molecule has 320 valence electrons. The van der Waals surface area contributed by atoms with Gasteiger partial charge in [-0.15, -0.1) is 0 Å². The van der Waals surface area contributed by atoms with Crippen LogP contribution in [-0.4, -0.2) is 54.5 Å². The molecular formula is C37H45BrF6N6O5S3. The molecule has 2 heterocycles. The molecule has 0 spiro atoms. The molecule has 2 aromatic carbocycles. The van der Waals surface area contributed by atoms with Crippen molar-refractivity contribution < 1.29 is 40.7 Å². The molecule has 58 heavy (non-hydrogen) atoms. The number of nitrogens with zero attached hydrogens (tertiary/aromatic N) is 1. The molecule has 0 bridgehead atoms. The number of unbranched alkanes of at least 4 members (excludes halogenated alkanes) is 2. The van der Waals surface area contributed by atoms with Crippen LogP contribution >= 0.6 is 52.1 Å². The number of nitrogens with two attached hydrogens (primary N) is 2. The minimum Gasteiger partial charge on any atom is -0.466 e. The van der Waals surface area contributed by atoms with Crippen LogP contribution in [0.1, 0.15) is 68.5 Å². The molecule has 11 nitrogen and oxygen atoms in total. The summed E-state index contributed by atoms with van der Waals surface area (Å²) in [6.45, 7) is 3.40. The van der Waals surface area contributed by atoms with Gasteiger partial charge in [0.05, 0.1) is 6.61 Å². The summed E-state index contributed by atoms with van der Waals surface area (Å²) in [5.41, 5.74) is 7.98. The van der Waals surface area contributed by atoms with E-state index in [2.05, 4.69) is 96.9 Å². The van der Waals surface area contributed by atoms with Gasteiger partial charge in [0.2, 0.25) is 0 Å². The van der Waals surface area contributed by atoms with Crippen molar-refractivity contribution in [3.05, 3.63) is 121 Å². The molecule has 4 rings (SSSR count). The monoisotopic (exact) mass is 942 g/mol. The van der Waals surface area contributed by atoms with Gasteiger partial charge in [-0.05, 0) is 87.9 Å². The summed E-state index contributed by atoms with van der Waals surface area (Å²) in [5.74, 6) is 0.00956. The van der Waals surface area contributed by atoms with Crippen LogP contribution in [0.2, 0.25) is 0 Å². The smallest absolute Gasteiger partial charge is 0.433 e. The highest BCUT2D eigenvalue weighted by molar-refractivity contribution is 9.09. The second-order valence-electron chi connectivity index (χ2n) is 11.4. The maximum Gasteiger partial charge on any atom is 0.433 e. The Morgan fingerprint density at radius 3 is 1.74 bits per heavy atom. The molecule has 0 amide bonds. The predicted molar refractivity (Wildman–Crippen MR) is 223 cm³/mol. The SMILES string of the molecule is BrCCCCc1ccccc1.CCOC(=O)CC(C)=O.NC(N)=S.O=c1cc(C(F)(F)F)[nH]c(=S)[nH]1.O=c1cc(C(F)(F)F)nc(SCCCCc2ccccc2)[nH]1. The number of thiocarbonyl (C=S) groups is 1. The van der Waals surface area contributed by atoms with Crippen molar-refractivity contribution in [3.63, 3.8) is 0 Å². The highest BCUT2D eigenvalue weighted by atomic mass is 79.9. The minimum absolute atomic E-state index is 0.000000000000000222. The van der Waals surface area contributed by atoms with Gasteiger partial charge in [-0.3, -0.25) is 24.2 Å². The van der Waals surface area contributed by atoms with Crippen molar-refractivity contribution in [2.24, 2.45) is 11.5 Å². The number of benzene rings is 2. The Hall–Kier alpha value is -4.34. The molecule has 0 saturated carbocycles. The summed E-state index contributed by atoms with van der Waals surface area (Å²) in [6.07, 6.45) is -2.81. The van der Waals surface area contributed by atoms with Gasteiger partial charge in [0.1, 0.15) is 17.9 Å². The first-order valence-electron chi connectivity index (χ1n) is 17.2. The van der Waals surface area contributed by atoms with Crippen LogP contribution in [0.15, 0.2) is 87.5 Å². The molecule has 0 fully saturated rings. The number of aromatic amines is 3. The van der Waals surface area contributed by atoms with E-state index in [1.54, 1.807) is 6.92 Å². The maximum atomic E-state index is 12.6. The second-order valence-corrected chi connectivity index (χ2v) is 14.2. The summed E-state index contributed by atoms with van der Waals surface area (Å²) >= 11 is 13.0. The number of nitrogens with one attached hydrogen (secondary N) is 3. The van der Waals surface area contributed by atoms with Gasteiger partial charge < -0.3 is 26.2 Å². The van der Waals surface area contributed by atoms with E-state index in [0.717, 1.165) is 36.4 Å². The number of hydrogen-bond donors (Lipinski definition) is 5. The Morgan fingerprint density at radius 2 is 1.31 bits per heavy atom. The lowest BCUT2D eigenvalue weighted by Crippen LogP contribution is -2.18. The van der Waals surface area contributed by atoms with Gasteiger partial charge >= 0.3 is 18.3 Å². The molecule has 0 unspecified atom stereocenters. The fourth-order valence-electron chi connectivity index (χ4n) is 4.00. The predicted octanol–water partition coefficient (Wildman–Crippen LogP) is 8.48. The van der Waals surface area contributed by atoms with E-state index >= 15 is 0 Å². The molecule has 0 radical (unpaired) electrons. The number of aromatic nitrogens is 4. The van der Waals surface area contributed by atoms with E-state index in [1.807, 2.05) is 40.3 Å². The standard InChI is InChI=1S/C15H15F3N2OS.C10H13Br.C6H10O3.C5H3F3N2OS.CH4N2S/c16-15(17,18)12-10-13(21)20-14(19-12)22-9-5-4-8-11-6-2-1-3-7-11;11-9-5-4-8-10-6-2-1-3-7-10;1-3-9-6(8)4-5(2)7;6-5(7,8)2-1-3(11)10-4(12)9-2;2-1(3)4/h1-3,6-7,10H,4-5,8-9H2,(H,19,20,21);1-3,6-7H,4-5,8-9H2;3-4H2,1-2H3;1H,(H2,9,10,11,12);(H4,2,3,4). The molecule has 0 aliphatic heterocycles. The van der Waals surface area contributed by atoms with Crippen LogP contribution < -0.4 is 22.6 Å². The van der Waals surface area contributed by atoms with Crippen molar-refractivity contribution in [3.8, 4) is 0 Å². The molecule has 0 saturated heterocycles. The second kappa shape index (κ2) is 29.8. The number of hydrogen-bond acceptors (Lipinski definition) is 9. The van der Waals surface area contributed by atoms with Crippen LogP contribution in [0.25, 0.3) is 0 Å². The topological polar surface area (TPSA) is 190 Å². The van der Waals surface area contributed by atoms with E-state index in [4.69, 9.17) is 0 Å². The molecule has 21 heteroatoms. The van der Waals surface area contributed by atoms with Crippen molar-refractivity contribution in [2.75, 3.05) is 17.7 Å². The van der Waals surface area contributed by atoms with Crippen LogP contribution in [0, 0.1) is 4.77 Å². The van der Waals surface area contributed by atoms with E-state index in [1.165, 1.54) is 37.3 Å². The number of rotatable bonds is 13. The zero-order chi connectivity index (χ0) is 44.1. The molecule has 2 aromatic heterocycles. The molecular weight excluding hydrogens is 899 g/mol. The Balaban J connectivity index is 0.000000771. The average molecular weight is 944 g/mol. The summed E-state index contributed by atoms with van der Waals surface area (Å²) in [4.78, 5) is 52.0. The Bertz CT molecular complexity index is 1930. The number of carbonyl (C=O) groups excluding carboxylic acids is 2. The lowest BCUT2D eigenvalue weighted by Gasteiger charge is -2.07. The van der Waals surface area contributed by atoms with Gasteiger partial charge in [-0.1, -0.05) is 88.4 Å². The van der Waals surface area contributed by atoms with E-state index in [-0.39, 0.29) is 27.2 Å². The third kappa shape index (κ3) is 29.0. The maximum absolute atomic E-state index is 12.6. The Labute approximate surface area is 354 Å². The number of H-pyrrole nitrogens is 3. The molecule has 0 atom stereocenters. The molecule has 7 N–H and O–H groups in total. The van der Waals surface area contributed by atoms with Gasteiger partial charge in [0, 0.05) is 23.2 Å². The Morgan fingerprint density at radius 1 is 0.810 bits per heavy atom. The summed E-state index contributed by atoms with van der Waals surface area (Å²) in [6, 6.07) is 21.5. The summed E-state index contributed by atoms with van der Waals surface area (Å²) in [7, 11) is 0. The molecule has 4 aromatic rings. The molecule has 0 aliphatic rings. The fourth-order valence-corrected chi connectivity index (χ4v) is 5.48. The first-order chi connectivity index (χ1) is 27.2. The first kappa shape index (κ1) is 53.7. The largest absolute Gasteiger partial charge is 0.466 e. The third-order valence-electron chi connectivity index (χ3n) is 6.41. The number of carbonyl (C=O) groups is 2. The number of halogens is 7. The summed E-state index contributed by atoms with van der Waals surface area (Å²) < 4.78 is 77.6. The van der Waals surface area contributed by atoms with Crippen molar-refractivity contribution in [1.82, 2.24) is 19.9 Å². The number of esters is 1. The van der Waals surface area contributed by atoms with E-state index < -0.39 is 40.8 Å². The zero-order valence-electron chi connectivity index (χ0n) is 31.5. The number of aryl methyl sites for hydroxylation is 2. The fraction of sp³-hybridized carbons (Fsp3) is 0.378.